The summed E-state index contributed by atoms with van der Waals surface area (Å²) in [5.74, 6) is 1.39. The van der Waals surface area contributed by atoms with Crippen molar-refractivity contribution in [3.05, 3.63) is 18.1 Å². The first-order chi connectivity index (χ1) is 11.3. The van der Waals surface area contributed by atoms with Gasteiger partial charge in [0.1, 0.15) is 12.1 Å². The Labute approximate surface area is 138 Å². The lowest BCUT2D eigenvalue weighted by Crippen LogP contribution is -2.48. The van der Waals surface area contributed by atoms with Crippen LogP contribution in [0, 0.1) is 5.92 Å². The van der Waals surface area contributed by atoms with Crippen LogP contribution >= 0.6 is 0 Å². The molecule has 6 nitrogen and oxygen atoms in total. The molecule has 0 saturated carbocycles. The molecule has 2 aliphatic rings. The van der Waals surface area contributed by atoms with Crippen molar-refractivity contribution in [1.29, 1.82) is 0 Å². The van der Waals surface area contributed by atoms with Gasteiger partial charge in [0.05, 0.1) is 5.92 Å². The van der Waals surface area contributed by atoms with Crippen LogP contribution < -0.4 is 15.5 Å². The van der Waals surface area contributed by atoms with E-state index in [4.69, 9.17) is 0 Å². The third-order valence-corrected chi connectivity index (χ3v) is 4.90. The fraction of sp³-hybridized carbons (Fsp3) is 0.706. The maximum Gasteiger partial charge on any atom is 0.224 e. The van der Waals surface area contributed by atoms with Gasteiger partial charge in [0.2, 0.25) is 5.91 Å². The molecule has 3 rings (SSSR count). The van der Waals surface area contributed by atoms with Gasteiger partial charge in [0, 0.05) is 37.4 Å². The molecule has 23 heavy (non-hydrogen) atoms. The molecule has 0 spiro atoms. The summed E-state index contributed by atoms with van der Waals surface area (Å²) in [6.45, 7) is 5.85. The van der Waals surface area contributed by atoms with Crippen LogP contribution in [0.5, 0.6) is 0 Å². The van der Waals surface area contributed by atoms with Crippen LogP contribution in [-0.2, 0) is 11.2 Å². The third kappa shape index (κ3) is 4.19. The highest BCUT2D eigenvalue weighted by Gasteiger charge is 2.26. The first kappa shape index (κ1) is 16.2. The molecule has 1 amide bonds. The predicted molar refractivity (Wildman–Crippen MR) is 90.4 cm³/mol. The second-order valence-corrected chi connectivity index (χ2v) is 6.53. The molecular formula is C17H27N5O. The molecule has 1 aromatic heterocycles. The molecule has 1 aromatic rings. The van der Waals surface area contributed by atoms with Crippen molar-refractivity contribution in [2.75, 3.05) is 31.1 Å². The number of amides is 1. The maximum absolute atomic E-state index is 12.3. The highest BCUT2D eigenvalue weighted by molar-refractivity contribution is 5.79. The van der Waals surface area contributed by atoms with Crippen LogP contribution in [0.4, 0.5) is 5.82 Å². The lowest BCUT2D eigenvalue weighted by atomic mass is 9.97. The molecule has 2 N–H and O–H groups in total. The Morgan fingerprint density at radius 2 is 2.17 bits per heavy atom. The van der Waals surface area contributed by atoms with Gasteiger partial charge in [-0.05, 0) is 38.6 Å². The molecule has 1 unspecified atom stereocenters. The summed E-state index contributed by atoms with van der Waals surface area (Å²) in [5, 5.41) is 6.55. The van der Waals surface area contributed by atoms with Crippen LogP contribution in [-0.4, -0.2) is 48.1 Å². The molecule has 0 aromatic carbocycles. The molecule has 6 heteroatoms. The van der Waals surface area contributed by atoms with Gasteiger partial charge in [-0.3, -0.25) is 4.79 Å². The number of aryl methyl sites for hydroxylation is 1. The number of hydrogen-bond acceptors (Lipinski definition) is 5. The van der Waals surface area contributed by atoms with Gasteiger partial charge in [-0.1, -0.05) is 6.92 Å². The minimum Gasteiger partial charge on any atom is -0.356 e. The fourth-order valence-corrected chi connectivity index (χ4v) is 3.40. The minimum atomic E-state index is 0.149. The molecule has 126 valence electrons. The topological polar surface area (TPSA) is 70.2 Å². The van der Waals surface area contributed by atoms with Crippen LogP contribution in [0.25, 0.3) is 0 Å². The quantitative estimate of drug-likeness (QED) is 0.871. The second-order valence-electron chi connectivity index (χ2n) is 6.53. The minimum absolute atomic E-state index is 0.149. The van der Waals surface area contributed by atoms with Gasteiger partial charge in [0.15, 0.2) is 0 Å². The Kier molecular flexibility index (Phi) is 5.43. The first-order valence-electron chi connectivity index (χ1n) is 8.83. The largest absolute Gasteiger partial charge is 0.356 e. The number of carbonyl (C=O) groups excluding carboxylic acids is 1. The number of piperidine rings is 2. The van der Waals surface area contributed by atoms with Crippen LogP contribution in [0.1, 0.15) is 38.3 Å². The van der Waals surface area contributed by atoms with E-state index in [0.29, 0.717) is 6.04 Å². The summed E-state index contributed by atoms with van der Waals surface area (Å²) in [7, 11) is 0. The standard InChI is InChI=1S/C17H27N5O/c1-2-14-10-16(20-12-19-14)22-8-5-15(6-9-22)21-17(23)13-4-3-7-18-11-13/h10,12-13,15,18H,2-9,11H2,1H3,(H,21,23). The van der Waals surface area contributed by atoms with E-state index in [-0.39, 0.29) is 11.8 Å². The molecule has 1 atom stereocenters. The van der Waals surface area contributed by atoms with Crippen LogP contribution in [0.3, 0.4) is 0 Å². The molecule has 2 saturated heterocycles. The number of hydrogen-bond donors (Lipinski definition) is 2. The van der Waals surface area contributed by atoms with Gasteiger partial charge < -0.3 is 15.5 Å². The summed E-state index contributed by atoms with van der Waals surface area (Å²) >= 11 is 0. The molecule has 3 heterocycles. The fourth-order valence-electron chi connectivity index (χ4n) is 3.40. The predicted octanol–water partition coefficient (Wildman–Crippen LogP) is 1.12. The van der Waals surface area contributed by atoms with Crippen molar-refractivity contribution in [1.82, 2.24) is 20.6 Å². The highest BCUT2D eigenvalue weighted by atomic mass is 16.2. The SMILES string of the molecule is CCc1cc(N2CCC(NC(=O)C3CCCNC3)CC2)ncn1. The molecule has 0 bridgehead atoms. The van der Waals surface area contributed by atoms with Crippen LogP contribution in [0.15, 0.2) is 12.4 Å². The van der Waals surface area contributed by atoms with Gasteiger partial charge >= 0.3 is 0 Å². The smallest absolute Gasteiger partial charge is 0.224 e. The zero-order valence-corrected chi connectivity index (χ0v) is 13.9. The van der Waals surface area contributed by atoms with Crippen molar-refractivity contribution in [2.24, 2.45) is 5.92 Å². The van der Waals surface area contributed by atoms with Crippen molar-refractivity contribution < 1.29 is 4.79 Å². The van der Waals surface area contributed by atoms with Gasteiger partial charge in [0.25, 0.3) is 0 Å². The maximum atomic E-state index is 12.3. The second kappa shape index (κ2) is 7.73. The molecule has 2 fully saturated rings. The van der Waals surface area contributed by atoms with Crippen molar-refractivity contribution in [3.63, 3.8) is 0 Å². The number of rotatable bonds is 4. The molecule has 0 aliphatic carbocycles. The summed E-state index contributed by atoms with van der Waals surface area (Å²) in [4.78, 5) is 23.3. The zero-order valence-electron chi connectivity index (χ0n) is 13.9. The van der Waals surface area contributed by atoms with Crippen LogP contribution in [0.2, 0.25) is 0 Å². The molecule has 0 radical (unpaired) electrons. The third-order valence-electron chi connectivity index (χ3n) is 4.90. The Morgan fingerprint density at radius 3 is 2.87 bits per heavy atom. The molecular weight excluding hydrogens is 290 g/mol. The Morgan fingerprint density at radius 1 is 1.35 bits per heavy atom. The van der Waals surface area contributed by atoms with E-state index < -0.39 is 0 Å². The van der Waals surface area contributed by atoms with Crippen molar-refractivity contribution >= 4 is 11.7 Å². The Bertz CT molecular complexity index is 521. The normalized spacial score (nSPS) is 22.8. The van der Waals surface area contributed by atoms with E-state index >= 15 is 0 Å². The number of nitrogens with zero attached hydrogens (tertiary/aromatic N) is 3. The van der Waals surface area contributed by atoms with E-state index in [1.54, 1.807) is 6.33 Å². The van der Waals surface area contributed by atoms with Crippen molar-refractivity contribution in [2.45, 2.75) is 45.1 Å². The van der Waals surface area contributed by atoms with E-state index in [0.717, 1.165) is 69.8 Å². The van der Waals surface area contributed by atoms with E-state index in [9.17, 15) is 4.79 Å². The Balaban J connectivity index is 1.49. The van der Waals surface area contributed by atoms with E-state index in [1.807, 2.05) is 0 Å². The average molecular weight is 317 g/mol. The summed E-state index contributed by atoms with van der Waals surface area (Å²) in [6.07, 6.45) is 6.66. The van der Waals surface area contributed by atoms with E-state index in [2.05, 4.69) is 38.5 Å². The Hall–Kier alpha value is -1.69. The van der Waals surface area contributed by atoms with Gasteiger partial charge in [-0.15, -0.1) is 0 Å². The summed E-state index contributed by atoms with van der Waals surface area (Å²) in [5.41, 5.74) is 1.08. The average Bonchev–Trinajstić information content (AvgIpc) is 2.63. The lowest BCUT2D eigenvalue weighted by molar-refractivity contribution is -0.126. The number of carbonyl (C=O) groups is 1. The van der Waals surface area contributed by atoms with Gasteiger partial charge in [-0.2, -0.15) is 0 Å². The number of nitrogens with one attached hydrogen (secondary N) is 2. The highest BCUT2D eigenvalue weighted by Crippen LogP contribution is 2.19. The van der Waals surface area contributed by atoms with Gasteiger partial charge in [-0.25, -0.2) is 9.97 Å². The zero-order chi connectivity index (χ0) is 16.1. The van der Waals surface area contributed by atoms with Crippen molar-refractivity contribution in [3.8, 4) is 0 Å². The lowest BCUT2D eigenvalue weighted by Gasteiger charge is -2.34. The first-order valence-corrected chi connectivity index (χ1v) is 8.83. The summed E-state index contributed by atoms with van der Waals surface area (Å²) in [6, 6.07) is 2.38. The van der Waals surface area contributed by atoms with E-state index in [1.165, 1.54) is 0 Å². The number of aromatic nitrogens is 2. The monoisotopic (exact) mass is 317 g/mol. The molecule has 2 aliphatic heterocycles. The summed E-state index contributed by atoms with van der Waals surface area (Å²) < 4.78 is 0. The number of anilines is 1.